The van der Waals surface area contributed by atoms with Gasteiger partial charge < -0.3 is 4.90 Å². The molecule has 2 aliphatic rings. The molecule has 0 spiro atoms. The largest absolute Gasteiger partial charge is 0.355 e. The van der Waals surface area contributed by atoms with Crippen molar-refractivity contribution in [3.05, 3.63) is 24.1 Å². The molecule has 3 rings (SSSR count). The van der Waals surface area contributed by atoms with Gasteiger partial charge in [0.15, 0.2) is 0 Å². The van der Waals surface area contributed by atoms with Gasteiger partial charge in [-0.2, -0.15) is 0 Å². The summed E-state index contributed by atoms with van der Waals surface area (Å²) in [6, 6.07) is 3.07. The number of hydrogen-bond acceptors (Lipinski definition) is 4. The molecule has 1 aromatic heterocycles. The van der Waals surface area contributed by atoms with E-state index < -0.39 is 15.3 Å². The van der Waals surface area contributed by atoms with Crippen LogP contribution in [0, 0.1) is 5.82 Å². The van der Waals surface area contributed by atoms with Crippen LogP contribution in [0.15, 0.2) is 18.3 Å². The Balaban J connectivity index is 1.67. The molecule has 1 N–H and O–H groups in total. The van der Waals surface area contributed by atoms with Gasteiger partial charge in [-0.05, 0) is 37.8 Å². The van der Waals surface area contributed by atoms with E-state index in [1.165, 1.54) is 12.3 Å². The van der Waals surface area contributed by atoms with Gasteiger partial charge in [0.25, 0.3) is 0 Å². The van der Waals surface area contributed by atoms with E-state index in [-0.39, 0.29) is 11.9 Å². The van der Waals surface area contributed by atoms with Gasteiger partial charge in [0.2, 0.25) is 10.0 Å². The number of nitrogens with zero attached hydrogens (tertiary/aromatic N) is 2. The van der Waals surface area contributed by atoms with E-state index in [4.69, 9.17) is 0 Å². The van der Waals surface area contributed by atoms with E-state index in [2.05, 4.69) is 9.71 Å². The zero-order valence-corrected chi connectivity index (χ0v) is 13.4. The van der Waals surface area contributed by atoms with Crippen LogP contribution in [0.5, 0.6) is 0 Å². The summed E-state index contributed by atoms with van der Waals surface area (Å²) in [5, 5.41) is -0.422. The fourth-order valence-corrected chi connectivity index (χ4v) is 5.07. The maximum Gasteiger partial charge on any atom is 0.216 e. The lowest BCUT2D eigenvalue weighted by Crippen LogP contribution is -2.48. The first-order chi connectivity index (χ1) is 10.5. The van der Waals surface area contributed by atoms with Crippen LogP contribution in [0.4, 0.5) is 10.2 Å². The number of anilines is 1. The van der Waals surface area contributed by atoms with Crippen molar-refractivity contribution in [3.8, 4) is 0 Å². The minimum Gasteiger partial charge on any atom is -0.355 e. The summed E-state index contributed by atoms with van der Waals surface area (Å²) < 4.78 is 40.9. The van der Waals surface area contributed by atoms with E-state index in [9.17, 15) is 12.8 Å². The molecule has 122 valence electrons. The van der Waals surface area contributed by atoms with E-state index >= 15 is 0 Å². The van der Waals surface area contributed by atoms with Crippen LogP contribution in [-0.2, 0) is 10.0 Å². The van der Waals surface area contributed by atoms with Crippen LogP contribution in [-0.4, -0.2) is 37.8 Å². The topological polar surface area (TPSA) is 62.3 Å². The second-order valence-corrected chi connectivity index (χ2v) is 8.18. The number of rotatable bonds is 4. The van der Waals surface area contributed by atoms with Gasteiger partial charge in [0.1, 0.15) is 11.6 Å². The molecule has 7 heteroatoms. The molecule has 1 aromatic rings. The number of hydrogen-bond donors (Lipinski definition) is 1. The molecular weight excluding hydrogens is 305 g/mol. The maximum absolute atomic E-state index is 13.0. The molecule has 0 amide bonds. The van der Waals surface area contributed by atoms with Crippen molar-refractivity contribution >= 4 is 15.8 Å². The first-order valence-corrected chi connectivity index (χ1v) is 9.47. The molecule has 1 atom stereocenters. The van der Waals surface area contributed by atoms with Crippen LogP contribution < -0.4 is 9.62 Å². The Bertz CT molecular complexity index is 600. The van der Waals surface area contributed by atoms with Gasteiger partial charge in [-0.25, -0.2) is 22.5 Å². The SMILES string of the molecule is O=S(=O)(NC1CCCC1)[C@H]1CCCN(c2ccc(F)cn2)C1. The van der Waals surface area contributed by atoms with E-state index in [1.54, 1.807) is 6.07 Å². The molecule has 1 saturated carbocycles. The van der Waals surface area contributed by atoms with E-state index in [0.717, 1.165) is 38.6 Å². The average molecular weight is 327 g/mol. The summed E-state index contributed by atoms with van der Waals surface area (Å²) in [6.45, 7) is 1.18. The highest BCUT2D eigenvalue weighted by Crippen LogP contribution is 2.24. The fourth-order valence-electron chi connectivity index (χ4n) is 3.33. The fraction of sp³-hybridized carbons (Fsp3) is 0.667. The van der Waals surface area contributed by atoms with Gasteiger partial charge in [0.05, 0.1) is 11.4 Å². The monoisotopic (exact) mass is 327 g/mol. The summed E-state index contributed by atoms with van der Waals surface area (Å²) in [4.78, 5) is 5.99. The summed E-state index contributed by atoms with van der Waals surface area (Å²) in [7, 11) is -3.31. The molecule has 0 aromatic carbocycles. The predicted molar refractivity (Wildman–Crippen MR) is 83.7 cm³/mol. The summed E-state index contributed by atoms with van der Waals surface area (Å²) in [5.41, 5.74) is 0. The van der Waals surface area contributed by atoms with Crippen molar-refractivity contribution in [1.29, 1.82) is 0 Å². The lowest BCUT2D eigenvalue weighted by Gasteiger charge is -2.33. The third kappa shape index (κ3) is 3.57. The molecule has 1 aliphatic carbocycles. The second kappa shape index (κ2) is 6.50. The molecule has 2 fully saturated rings. The lowest BCUT2D eigenvalue weighted by atomic mass is 10.1. The first kappa shape index (κ1) is 15.7. The molecule has 1 aliphatic heterocycles. The second-order valence-electron chi connectivity index (χ2n) is 6.19. The third-order valence-electron chi connectivity index (χ3n) is 4.54. The van der Waals surface area contributed by atoms with Gasteiger partial charge in [-0.1, -0.05) is 12.8 Å². The molecular formula is C15H22FN3O2S. The Kier molecular flexibility index (Phi) is 4.63. The molecule has 2 heterocycles. The summed E-state index contributed by atoms with van der Waals surface area (Å²) in [6.07, 6.45) is 6.72. The predicted octanol–water partition coefficient (Wildman–Crippen LogP) is 2.05. The number of aromatic nitrogens is 1. The van der Waals surface area contributed by atoms with Gasteiger partial charge in [-0.3, -0.25) is 0 Å². The van der Waals surface area contributed by atoms with Crippen LogP contribution in [0.1, 0.15) is 38.5 Å². The Morgan fingerprint density at radius 2 is 1.95 bits per heavy atom. The maximum atomic E-state index is 13.0. The molecule has 0 unspecified atom stereocenters. The number of nitrogens with one attached hydrogen (secondary N) is 1. The zero-order valence-electron chi connectivity index (χ0n) is 12.5. The molecule has 1 saturated heterocycles. The average Bonchev–Trinajstić information content (AvgIpc) is 3.00. The van der Waals surface area contributed by atoms with Crippen LogP contribution in [0.2, 0.25) is 0 Å². The van der Waals surface area contributed by atoms with Crippen LogP contribution in [0.25, 0.3) is 0 Å². The van der Waals surface area contributed by atoms with Gasteiger partial charge >= 0.3 is 0 Å². The van der Waals surface area contributed by atoms with E-state index in [0.29, 0.717) is 18.8 Å². The van der Waals surface area contributed by atoms with Crippen molar-refractivity contribution < 1.29 is 12.8 Å². The number of piperidine rings is 1. The molecule has 0 bridgehead atoms. The first-order valence-electron chi connectivity index (χ1n) is 7.92. The standard InChI is InChI=1S/C15H22FN3O2S/c16-12-7-8-15(17-10-12)19-9-3-6-14(11-19)22(20,21)18-13-4-1-2-5-13/h7-8,10,13-14,18H,1-6,9,11H2/t14-/m0/s1. The minimum absolute atomic E-state index is 0.101. The highest BCUT2D eigenvalue weighted by Gasteiger charge is 2.33. The smallest absolute Gasteiger partial charge is 0.216 e. The summed E-state index contributed by atoms with van der Waals surface area (Å²) >= 11 is 0. The Labute approximate surface area is 131 Å². The highest BCUT2D eigenvalue weighted by molar-refractivity contribution is 7.90. The lowest BCUT2D eigenvalue weighted by molar-refractivity contribution is 0.504. The highest BCUT2D eigenvalue weighted by atomic mass is 32.2. The van der Waals surface area contributed by atoms with Crippen LogP contribution in [0.3, 0.4) is 0 Å². The normalized spacial score (nSPS) is 23.9. The summed E-state index contributed by atoms with van der Waals surface area (Å²) in [5.74, 6) is 0.259. The van der Waals surface area contributed by atoms with Crippen molar-refractivity contribution in [3.63, 3.8) is 0 Å². The number of pyridine rings is 1. The number of halogens is 1. The molecule has 22 heavy (non-hydrogen) atoms. The minimum atomic E-state index is -3.31. The van der Waals surface area contributed by atoms with E-state index in [1.807, 2.05) is 4.90 Å². The zero-order chi connectivity index (χ0) is 15.6. The van der Waals surface area contributed by atoms with Crippen LogP contribution >= 0.6 is 0 Å². The van der Waals surface area contributed by atoms with Gasteiger partial charge in [0, 0.05) is 19.1 Å². The quantitative estimate of drug-likeness (QED) is 0.919. The molecule has 0 radical (unpaired) electrons. The van der Waals surface area contributed by atoms with Crippen molar-refractivity contribution in [2.24, 2.45) is 0 Å². The Hall–Kier alpha value is -1.21. The van der Waals surface area contributed by atoms with Crippen molar-refractivity contribution in [1.82, 2.24) is 9.71 Å². The van der Waals surface area contributed by atoms with Crippen molar-refractivity contribution in [2.45, 2.75) is 49.8 Å². The molecule has 5 nitrogen and oxygen atoms in total. The Morgan fingerprint density at radius 3 is 2.64 bits per heavy atom. The Morgan fingerprint density at radius 1 is 1.18 bits per heavy atom. The number of sulfonamides is 1. The third-order valence-corrected chi connectivity index (χ3v) is 6.46. The van der Waals surface area contributed by atoms with Gasteiger partial charge in [-0.15, -0.1) is 0 Å². The van der Waals surface area contributed by atoms with Crippen molar-refractivity contribution in [2.75, 3.05) is 18.0 Å².